The molecule has 1 saturated carbocycles. The van der Waals surface area contributed by atoms with Crippen LogP contribution in [0.4, 0.5) is 10.5 Å². The molecule has 0 bridgehead atoms. The number of rotatable bonds is 5. The van der Waals surface area contributed by atoms with Crippen molar-refractivity contribution in [2.75, 3.05) is 19.5 Å². The maximum Gasteiger partial charge on any atom is 0.342 e. The van der Waals surface area contributed by atoms with Crippen LogP contribution in [0.15, 0.2) is 12.1 Å². The fourth-order valence-corrected chi connectivity index (χ4v) is 2.72. The molecule has 0 spiro atoms. The number of carbonyl (C=O) groups excluding carboxylic acids is 3. The van der Waals surface area contributed by atoms with E-state index in [0.29, 0.717) is 0 Å². The lowest BCUT2D eigenvalue weighted by Crippen LogP contribution is -2.45. The highest BCUT2D eigenvalue weighted by Crippen LogP contribution is 2.29. The second kappa shape index (κ2) is 8.57. The van der Waals surface area contributed by atoms with Crippen LogP contribution in [0.3, 0.4) is 0 Å². The van der Waals surface area contributed by atoms with Crippen LogP contribution in [-0.4, -0.2) is 37.7 Å². The van der Waals surface area contributed by atoms with Gasteiger partial charge in [0, 0.05) is 12.1 Å². The summed E-state index contributed by atoms with van der Waals surface area (Å²) < 4.78 is 9.93. The standard InChI is InChI=1S/C16H20ClN3O5/c1-24-13-7-12(18)11(17)6-10(13)15(22)25-8-14(21)20-16(23)19-9-4-2-3-5-9/h6-7,9H,2-5,8,18H2,1H3,(H2,19,20,21,23). The number of nitrogens with two attached hydrogens (primary N) is 1. The van der Waals surface area contributed by atoms with Gasteiger partial charge in [-0.2, -0.15) is 0 Å². The van der Waals surface area contributed by atoms with Crippen molar-refractivity contribution < 1.29 is 23.9 Å². The number of methoxy groups -OCH3 is 1. The summed E-state index contributed by atoms with van der Waals surface area (Å²) in [7, 11) is 1.36. The van der Waals surface area contributed by atoms with Crippen molar-refractivity contribution in [3.63, 3.8) is 0 Å². The molecule has 3 amide bonds. The number of amides is 3. The Morgan fingerprint density at radius 1 is 1.28 bits per heavy atom. The van der Waals surface area contributed by atoms with Crippen LogP contribution in [0, 0.1) is 0 Å². The zero-order valence-electron chi connectivity index (χ0n) is 13.8. The Balaban J connectivity index is 1.85. The van der Waals surface area contributed by atoms with E-state index in [1.807, 2.05) is 0 Å². The predicted octanol–water partition coefficient (Wildman–Crippen LogP) is 1.86. The topological polar surface area (TPSA) is 120 Å². The molecule has 4 N–H and O–H groups in total. The van der Waals surface area contributed by atoms with Gasteiger partial charge in [-0.3, -0.25) is 10.1 Å². The molecule has 8 nitrogen and oxygen atoms in total. The van der Waals surface area contributed by atoms with E-state index in [1.165, 1.54) is 19.2 Å². The van der Waals surface area contributed by atoms with Crippen molar-refractivity contribution in [1.82, 2.24) is 10.6 Å². The molecule has 1 fully saturated rings. The molecule has 1 aliphatic rings. The second-order valence-corrected chi connectivity index (χ2v) is 6.06. The van der Waals surface area contributed by atoms with E-state index in [2.05, 4.69) is 10.6 Å². The zero-order chi connectivity index (χ0) is 18.4. The van der Waals surface area contributed by atoms with Crippen molar-refractivity contribution in [2.45, 2.75) is 31.7 Å². The lowest BCUT2D eigenvalue weighted by molar-refractivity contribution is -0.123. The number of halogens is 1. The summed E-state index contributed by atoms with van der Waals surface area (Å²) in [4.78, 5) is 35.5. The average Bonchev–Trinajstić information content (AvgIpc) is 3.07. The summed E-state index contributed by atoms with van der Waals surface area (Å²) >= 11 is 5.88. The number of benzene rings is 1. The molecule has 0 atom stereocenters. The molecule has 136 valence electrons. The Kier molecular flexibility index (Phi) is 6.46. The maximum atomic E-state index is 12.1. The summed E-state index contributed by atoms with van der Waals surface area (Å²) in [6.07, 6.45) is 3.91. The Bertz CT molecular complexity index is 674. The van der Waals surface area contributed by atoms with Gasteiger partial charge in [0.15, 0.2) is 6.61 Å². The maximum absolute atomic E-state index is 12.1. The van der Waals surface area contributed by atoms with Gasteiger partial charge in [0.2, 0.25) is 0 Å². The molecule has 1 aromatic rings. The van der Waals surface area contributed by atoms with Gasteiger partial charge in [-0.15, -0.1) is 0 Å². The molecule has 0 unspecified atom stereocenters. The lowest BCUT2D eigenvalue weighted by Gasteiger charge is -2.13. The third-order valence-corrected chi connectivity index (χ3v) is 4.14. The Labute approximate surface area is 150 Å². The monoisotopic (exact) mass is 369 g/mol. The van der Waals surface area contributed by atoms with Crippen molar-refractivity contribution >= 4 is 35.2 Å². The number of hydrogen-bond donors (Lipinski definition) is 3. The first kappa shape index (κ1) is 18.9. The van der Waals surface area contributed by atoms with E-state index in [4.69, 9.17) is 26.8 Å². The molecular weight excluding hydrogens is 350 g/mol. The summed E-state index contributed by atoms with van der Waals surface area (Å²) in [6, 6.07) is 2.16. The third-order valence-electron chi connectivity index (χ3n) is 3.82. The molecular formula is C16H20ClN3O5. The van der Waals surface area contributed by atoms with Crippen molar-refractivity contribution in [1.29, 1.82) is 0 Å². The smallest absolute Gasteiger partial charge is 0.342 e. The second-order valence-electron chi connectivity index (χ2n) is 5.65. The van der Waals surface area contributed by atoms with Gasteiger partial charge in [-0.25, -0.2) is 9.59 Å². The molecule has 1 aromatic carbocycles. The molecule has 0 heterocycles. The van der Waals surface area contributed by atoms with Gasteiger partial charge in [0.25, 0.3) is 5.91 Å². The van der Waals surface area contributed by atoms with E-state index in [0.717, 1.165) is 25.7 Å². The van der Waals surface area contributed by atoms with E-state index in [1.54, 1.807) is 0 Å². The van der Waals surface area contributed by atoms with Crippen LogP contribution in [0.2, 0.25) is 5.02 Å². The van der Waals surface area contributed by atoms with Gasteiger partial charge >= 0.3 is 12.0 Å². The summed E-state index contributed by atoms with van der Waals surface area (Å²) in [6.45, 7) is -0.609. The first-order valence-electron chi connectivity index (χ1n) is 7.81. The summed E-state index contributed by atoms with van der Waals surface area (Å²) in [5.74, 6) is -1.37. The number of nitrogen functional groups attached to an aromatic ring is 1. The van der Waals surface area contributed by atoms with E-state index in [9.17, 15) is 14.4 Å². The highest BCUT2D eigenvalue weighted by molar-refractivity contribution is 6.33. The predicted molar refractivity (Wildman–Crippen MR) is 91.6 cm³/mol. The minimum absolute atomic E-state index is 0.0323. The number of urea groups is 1. The summed E-state index contributed by atoms with van der Waals surface area (Å²) in [5.41, 5.74) is 5.92. The SMILES string of the molecule is COc1cc(N)c(Cl)cc1C(=O)OCC(=O)NC(=O)NC1CCCC1. The minimum Gasteiger partial charge on any atom is -0.496 e. The fourth-order valence-electron chi connectivity index (χ4n) is 2.56. The van der Waals surface area contributed by atoms with E-state index < -0.39 is 24.5 Å². The van der Waals surface area contributed by atoms with Crippen LogP contribution < -0.4 is 21.1 Å². The number of ether oxygens (including phenoxy) is 2. The number of carbonyl (C=O) groups is 3. The van der Waals surface area contributed by atoms with Crippen molar-refractivity contribution in [2.24, 2.45) is 0 Å². The Morgan fingerprint density at radius 3 is 2.60 bits per heavy atom. The minimum atomic E-state index is -0.815. The number of esters is 1. The quantitative estimate of drug-likeness (QED) is 0.538. The van der Waals surface area contributed by atoms with Crippen molar-refractivity contribution in [3.05, 3.63) is 22.7 Å². The highest BCUT2D eigenvalue weighted by atomic mass is 35.5. The van der Waals surface area contributed by atoms with Gasteiger partial charge in [-0.1, -0.05) is 24.4 Å². The lowest BCUT2D eigenvalue weighted by atomic mass is 10.2. The Morgan fingerprint density at radius 2 is 1.96 bits per heavy atom. The van der Waals surface area contributed by atoms with Crippen LogP contribution in [0.1, 0.15) is 36.0 Å². The van der Waals surface area contributed by atoms with Gasteiger partial charge in [0.05, 0.1) is 17.8 Å². The highest BCUT2D eigenvalue weighted by Gasteiger charge is 2.20. The van der Waals surface area contributed by atoms with Crippen LogP contribution >= 0.6 is 11.6 Å². The third kappa shape index (κ3) is 5.25. The number of nitrogens with one attached hydrogen (secondary N) is 2. The molecule has 25 heavy (non-hydrogen) atoms. The van der Waals surface area contributed by atoms with Crippen LogP contribution in [0.5, 0.6) is 5.75 Å². The Hall–Kier alpha value is -2.48. The number of anilines is 1. The molecule has 0 aliphatic heterocycles. The first-order valence-corrected chi connectivity index (χ1v) is 8.19. The van der Waals surface area contributed by atoms with Crippen LogP contribution in [-0.2, 0) is 9.53 Å². The van der Waals surface area contributed by atoms with E-state index in [-0.39, 0.29) is 28.1 Å². The van der Waals surface area contributed by atoms with Crippen LogP contribution in [0.25, 0.3) is 0 Å². The average molecular weight is 370 g/mol. The zero-order valence-corrected chi connectivity index (χ0v) is 14.5. The van der Waals surface area contributed by atoms with Crippen molar-refractivity contribution in [3.8, 4) is 5.75 Å². The van der Waals surface area contributed by atoms with Gasteiger partial charge < -0.3 is 20.5 Å². The van der Waals surface area contributed by atoms with Gasteiger partial charge in [-0.05, 0) is 18.9 Å². The number of hydrogen-bond acceptors (Lipinski definition) is 6. The molecule has 0 aromatic heterocycles. The molecule has 0 radical (unpaired) electrons. The molecule has 0 saturated heterocycles. The fraction of sp³-hybridized carbons (Fsp3) is 0.438. The molecule has 2 rings (SSSR count). The largest absolute Gasteiger partial charge is 0.496 e. The summed E-state index contributed by atoms with van der Waals surface area (Å²) in [5, 5.41) is 4.98. The molecule has 1 aliphatic carbocycles. The first-order chi connectivity index (χ1) is 11.9. The molecule has 9 heteroatoms. The van der Waals surface area contributed by atoms with E-state index >= 15 is 0 Å². The number of imide groups is 1. The van der Waals surface area contributed by atoms with Gasteiger partial charge in [0.1, 0.15) is 11.3 Å². The normalized spacial score (nSPS) is 14.0.